The molecule has 4 nitrogen and oxygen atoms in total. The van der Waals surface area contributed by atoms with E-state index in [9.17, 15) is 4.79 Å². The lowest BCUT2D eigenvalue weighted by molar-refractivity contribution is 0.0697. The number of aromatic carboxylic acids is 1. The Kier molecular flexibility index (Phi) is 4.95. The van der Waals surface area contributed by atoms with Crippen molar-refractivity contribution < 1.29 is 9.90 Å². The second-order valence-electron chi connectivity index (χ2n) is 4.94. The van der Waals surface area contributed by atoms with Crippen LogP contribution in [0.25, 0.3) is 0 Å². The molecule has 2 rings (SSSR count). The van der Waals surface area contributed by atoms with E-state index in [0.717, 1.165) is 18.5 Å². The Morgan fingerprint density at radius 3 is 2.47 bits per heavy atom. The van der Waals surface area contributed by atoms with Crippen molar-refractivity contribution in [3.05, 3.63) is 29.8 Å². The van der Waals surface area contributed by atoms with Crippen LogP contribution in [0.5, 0.6) is 0 Å². The summed E-state index contributed by atoms with van der Waals surface area (Å²) in [6.07, 6.45) is 8.41. The van der Waals surface area contributed by atoms with Gasteiger partial charge in [0.05, 0.1) is 11.3 Å². The molecule has 0 heterocycles. The first-order valence-corrected chi connectivity index (χ1v) is 6.90. The molecule has 0 saturated heterocycles. The highest BCUT2D eigenvalue weighted by molar-refractivity contribution is 5.89. The Labute approximate surface area is 113 Å². The number of rotatable bonds is 3. The lowest BCUT2D eigenvalue weighted by Crippen LogP contribution is -2.05. The van der Waals surface area contributed by atoms with Gasteiger partial charge in [-0.1, -0.05) is 25.3 Å². The van der Waals surface area contributed by atoms with E-state index in [0.29, 0.717) is 0 Å². The van der Waals surface area contributed by atoms with Crippen LogP contribution >= 0.6 is 0 Å². The molecule has 0 aliphatic heterocycles. The summed E-state index contributed by atoms with van der Waals surface area (Å²) in [6, 6.07) is 6.75. The zero-order chi connectivity index (χ0) is 13.5. The molecule has 0 radical (unpaired) electrons. The number of carboxylic acid groups (broad SMARTS) is 1. The molecule has 0 bridgehead atoms. The van der Waals surface area contributed by atoms with Crippen molar-refractivity contribution in [3.8, 4) is 0 Å². The zero-order valence-corrected chi connectivity index (χ0v) is 11.1. The maximum atomic E-state index is 10.9. The molecule has 2 N–H and O–H groups in total. The third-order valence-electron chi connectivity index (χ3n) is 3.38. The molecule has 102 valence electrons. The smallest absolute Gasteiger partial charge is 0.335 e. The van der Waals surface area contributed by atoms with Gasteiger partial charge in [-0.15, -0.1) is 0 Å². The number of nitrogens with one attached hydrogen (secondary N) is 1. The monoisotopic (exact) mass is 260 g/mol. The fraction of sp³-hybridized carbons (Fsp3) is 0.467. The number of carbonyl (C=O) groups is 1. The third-order valence-corrected chi connectivity index (χ3v) is 3.38. The highest BCUT2D eigenvalue weighted by Gasteiger charge is 2.06. The second kappa shape index (κ2) is 6.92. The van der Waals surface area contributed by atoms with Crippen LogP contribution in [0.1, 0.15) is 55.3 Å². The van der Waals surface area contributed by atoms with Gasteiger partial charge in [-0.05, 0) is 43.9 Å². The second-order valence-corrected chi connectivity index (χ2v) is 4.94. The van der Waals surface area contributed by atoms with Crippen molar-refractivity contribution >= 4 is 17.4 Å². The van der Waals surface area contributed by atoms with Gasteiger partial charge in [0.1, 0.15) is 0 Å². The molecule has 1 aromatic carbocycles. The molecule has 0 amide bonds. The number of hydrogen-bond acceptors (Lipinski definition) is 3. The summed E-state index contributed by atoms with van der Waals surface area (Å²) in [7, 11) is 0. The summed E-state index contributed by atoms with van der Waals surface area (Å²) in [5.74, 6) is -0.915. The number of nitrogens with zero attached hydrogens (tertiary/aromatic N) is 1. The molecule has 1 aromatic rings. The van der Waals surface area contributed by atoms with Crippen LogP contribution in [0.4, 0.5) is 5.69 Å². The molecule has 4 heteroatoms. The average molecular weight is 260 g/mol. The minimum absolute atomic E-state index is 0.280. The molecule has 0 aromatic heterocycles. The van der Waals surface area contributed by atoms with Crippen LogP contribution in [0.3, 0.4) is 0 Å². The van der Waals surface area contributed by atoms with Crippen molar-refractivity contribution in [2.45, 2.75) is 44.9 Å². The van der Waals surface area contributed by atoms with Gasteiger partial charge in [-0.3, -0.25) is 5.43 Å². The molecule has 1 aliphatic carbocycles. The van der Waals surface area contributed by atoms with Gasteiger partial charge in [0, 0.05) is 5.71 Å². The summed E-state index contributed by atoms with van der Waals surface area (Å²) in [6.45, 7) is 0. The molecule has 19 heavy (non-hydrogen) atoms. The normalized spacial score (nSPS) is 16.3. The Bertz CT molecular complexity index is 459. The van der Waals surface area contributed by atoms with Crippen LogP contribution in [-0.2, 0) is 0 Å². The first kappa shape index (κ1) is 13.6. The Hall–Kier alpha value is -1.84. The average Bonchev–Trinajstić information content (AvgIpc) is 2.38. The lowest BCUT2D eigenvalue weighted by Gasteiger charge is -2.11. The fourth-order valence-electron chi connectivity index (χ4n) is 2.29. The van der Waals surface area contributed by atoms with Gasteiger partial charge in [0.2, 0.25) is 0 Å². The molecule has 1 aliphatic rings. The third kappa shape index (κ3) is 4.39. The molecular formula is C15H20N2O2. The quantitative estimate of drug-likeness (QED) is 0.810. The van der Waals surface area contributed by atoms with E-state index in [1.54, 1.807) is 18.2 Å². The Morgan fingerprint density at radius 1 is 1.11 bits per heavy atom. The first-order valence-electron chi connectivity index (χ1n) is 6.90. The summed E-state index contributed by atoms with van der Waals surface area (Å²) >= 11 is 0. The summed E-state index contributed by atoms with van der Waals surface area (Å²) in [5.41, 5.74) is 5.19. The van der Waals surface area contributed by atoms with Crippen LogP contribution in [0.15, 0.2) is 29.4 Å². The largest absolute Gasteiger partial charge is 0.478 e. The van der Waals surface area contributed by atoms with Gasteiger partial charge in [-0.2, -0.15) is 5.10 Å². The zero-order valence-electron chi connectivity index (χ0n) is 11.1. The standard InChI is InChI=1S/C15H20N2O2/c18-15(19)12-7-6-10-14(11-12)17-16-13-8-4-2-1-3-5-9-13/h6-7,10-11,17H,1-5,8-9H2,(H,18,19). The molecular weight excluding hydrogens is 240 g/mol. The number of anilines is 1. The van der Waals surface area contributed by atoms with Crippen LogP contribution in [0.2, 0.25) is 0 Å². The van der Waals surface area contributed by atoms with Gasteiger partial charge >= 0.3 is 5.97 Å². The van der Waals surface area contributed by atoms with E-state index in [-0.39, 0.29) is 5.56 Å². The maximum absolute atomic E-state index is 10.9. The van der Waals surface area contributed by atoms with Gasteiger partial charge in [0.15, 0.2) is 0 Å². The predicted octanol–water partition coefficient (Wildman–Crippen LogP) is 3.90. The number of carboxylic acids is 1. The van der Waals surface area contributed by atoms with Crippen molar-refractivity contribution in [2.24, 2.45) is 5.10 Å². The van der Waals surface area contributed by atoms with Gasteiger partial charge in [0.25, 0.3) is 0 Å². The summed E-state index contributed by atoms with van der Waals surface area (Å²) < 4.78 is 0. The highest BCUT2D eigenvalue weighted by Crippen LogP contribution is 2.16. The predicted molar refractivity (Wildman–Crippen MR) is 76.8 cm³/mol. The molecule has 1 fully saturated rings. The topological polar surface area (TPSA) is 61.7 Å². The fourth-order valence-corrected chi connectivity index (χ4v) is 2.29. The van der Waals surface area contributed by atoms with Crippen molar-refractivity contribution in [1.29, 1.82) is 0 Å². The van der Waals surface area contributed by atoms with Gasteiger partial charge in [-0.25, -0.2) is 4.79 Å². The lowest BCUT2D eigenvalue weighted by atomic mass is 9.99. The summed E-state index contributed by atoms with van der Waals surface area (Å²) in [4.78, 5) is 10.9. The van der Waals surface area contributed by atoms with E-state index in [2.05, 4.69) is 10.5 Å². The molecule has 0 unspecified atom stereocenters. The minimum atomic E-state index is -0.915. The van der Waals surface area contributed by atoms with E-state index in [1.807, 2.05) is 6.07 Å². The Morgan fingerprint density at radius 2 is 1.79 bits per heavy atom. The van der Waals surface area contributed by atoms with E-state index >= 15 is 0 Å². The molecule has 1 saturated carbocycles. The number of benzene rings is 1. The molecule has 0 atom stereocenters. The van der Waals surface area contributed by atoms with Crippen molar-refractivity contribution in [2.75, 3.05) is 5.43 Å². The van der Waals surface area contributed by atoms with Crippen LogP contribution in [-0.4, -0.2) is 16.8 Å². The Balaban J connectivity index is 1.99. The number of hydrazone groups is 1. The first-order chi connectivity index (χ1) is 9.25. The summed E-state index contributed by atoms with van der Waals surface area (Å²) in [5, 5.41) is 13.4. The van der Waals surface area contributed by atoms with Crippen LogP contribution in [0, 0.1) is 0 Å². The molecule has 0 spiro atoms. The van der Waals surface area contributed by atoms with E-state index in [4.69, 9.17) is 5.11 Å². The van der Waals surface area contributed by atoms with Crippen molar-refractivity contribution in [1.82, 2.24) is 0 Å². The maximum Gasteiger partial charge on any atom is 0.335 e. The number of hydrogen-bond donors (Lipinski definition) is 2. The van der Waals surface area contributed by atoms with E-state index in [1.165, 1.54) is 37.8 Å². The van der Waals surface area contributed by atoms with Crippen LogP contribution < -0.4 is 5.43 Å². The van der Waals surface area contributed by atoms with E-state index < -0.39 is 5.97 Å². The van der Waals surface area contributed by atoms with Gasteiger partial charge < -0.3 is 5.11 Å². The SMILES string of the molecule is O=C(O)c1cccc(NN=C2CCCCCCC2)c1. The highest BCUT2D eigenvalue weighted by atomic mass is 16.4. The van der Waals surface area contributed by atoms with Crippen molar-refractivity contribution in [3.63, 3.8) is 0 Å². The minimum Gasteiger partial charge on any atom is -0.478 e.